The molecule has 1 unspecified atom stereocenters. The lowest BCUT2D eigenvalue weighted by atomic mass is 9.93. The van der Waals surface area contributed by atoms with Gasteiger partial charge < -0.3 is 9.84 Å². The number of hydrogen-bond donors (Lipinski definition) is 1. The summed E-state index contributed by atoms with van der Waals surface area (Å²) in [6.07, 6.45) is 2.39. The number of pyridine rings is 1. The van der Waals surface area contributed by atoms with Gasteiger partial charge in [0.25, 0.3) is 0 Å². The summed E-state index contributed by atoms with van der Waals surface area (Å²) in [6.45, 7) is 0.977. The molecule has 1 aliphatic heterocycles. The van der Waals surface area contributed by atoms with Gasteiger partial charge in [-0.1, -0.05) is 30.3 Å². The first-order chi connectivity index (χ1) is 8.78. The monoisotopic (exact) mass is 241 g/mol. The van der Waals surface area contributed by atoms with Crippen LogP contribution in [0.25, 0.3) is 11.3 Å². The second-order valence-corrected chi connectivity index (χ2v) is 4.63. The molecule has 1 N–H and O–H groups in total. The number of nitrogens with zero attached hydrogens (tertiary/aromatic N) is 1. The molecule has 3 rings (SSSR count). The van der Waals surface area contributed by atoms with Crippen LogP contribution in [0.4, 0.5) is 0 Å². The molecule has 1 atom stereocenters. The highest BCUT2D eigenvalue weighted by Crippen LogP contribution is 2.31. The Morgan fingerprint density at radius 2 is 2.00 bits per heavy atom. The Labute approximate surface area is 106 Å². The van der Waals surface area contributed by atoms with E-state index < -0.39 is 5.60 Å². The average Bonchev–Trinajstić information content (AvgIpc) is 2.88. The maximum atomic E-state index is 10.5. The summed E-state index contributed by atoms with van der Waals surface area (Å²) >= 11 is 0. The number of aromatic nitrogens is 1. The fourth-order valence-corrected chi connectivity index (χ4v) is 2.27. The van der Waals surface area contributed by atoms with Gasteiger partial charge in [0.2, 0.25) is 0 Å². The third kappa shape index (κ3) is 2.03. The Morgan fingerprint density at radius 3 is 2.72 bits per heavy atom. The van der Waals surface area contributed by atoms with Crippen molar-refractivity contribution in [1.82, 2.24) is 4.98 Å². The van der Waals surface area contributed by atoms with Gasteiger partial charge in [0.1, 0.15) is 5.60 Å². The molecule has 2 heterocycles. The molecule has 0 bridgehead atoms. The summed E-state index contributed by atoms with van der Waals surface area (Å²) in [4.78, 5) is 4.36. The van der Waals surface area contributed by atoms with Gasteiger partial charge in [0.05, 0.1) is 12.3 Å². The van der Waals surface area contributed by atoms with E-state index in [0.29, 0.717) is 19.6 Å². The van der Waals surface area contributed by atoms with E-state index >= 15 is 0 Å². The molecular formula is C15H15NO2. The molecule has 1 saturated heterocycles. The zero-order valence-corrected chi connectivity index (χ0v) is 10.0. The maximum absolute atomic E-state index is 10.5. The van der Waals surface area contributed by atoms with Crippen molar-refractivity contribution < 1.29 is 9.84 Å². The molecule has 0 amide bonds. The molecule has 1 aliphatic rings. The zero-order chi connectivity index (χ0) is 12.4. The molecule has 1 aromatic carbocycles. The van der Waals surface area contributed by atoms with Crippen LogP contribution >= 0.6 is 0 Å². The quantitative estimate of drug-likeness (QED) is 0.877. The van der Waals surface area contributed by atoms with Crippen LogP contribution < -0.4 is 0 Å². The van der Waals surface area contributed by atoms with Crippen LogP contribution in [0.5, 0.6) is 0 Å². The zero-order valence-electron chi connectivity index (χ0n) is 10.0. The van der Waals surface area contributed by atoms with E-state index in [0.717, 1.165) is 16.8 Å². The van der Waals surface area contributed by atoms with Crippen molar-refractivity contribution in [3.05, 3.63) is 54.2 Å². The second kappa shape index (κ2) is 4.52. The number of aliphatic hydroxyl groups is 1. The average molecular weight is 241 g/mol. The van der Waals surface area contributed by atoms with Crippen LogP contribution in [0, 0.1) is 0 Å². The van der Waals surface area contributed by atoms with Gasteiger partial charge in [0, 0.05) is 24.8 Å². The smallest absolute Gasteiger partial charge is 0.115 e. The van der Waals surface area contributed by atoms with Gasteiger partial charge in [-0.3, -0.25) is 4.98 Å². The molecule has 18 heavy (non-hydrogen) atoms. The van der Waals surface area contributed by atoms with E-state index in [1.54, 1.807) is 6.20 Å². The van der Waals surface area contributed by atoms with Crippen LogP contribution in [-0.4, -0.2) is 23.3 Å². The normalized spacial score (nSPS) is 23.2. The van der Waals surface area contributed by atoms with Gasteiger partial charge >= 0.3 is 0 Å². The first-order valence-corrected chi connectivity index (χ1v) is 6.10. The lowest BCUT2D eigenvalue weighted by Crippen LogP contribution is -2.25. The Bertz CT molecular complexity index is 533. The van der Waals surface area contributed by atoms with Crippen LogP contribution in [0.2, 0.25) is 0 Å². The first kappa shape index (κ1) is 11.4. The van der Waals surface area contributed by atoms with Crippen molar-refractivity contribution in [2.24, 2.45) is 0 Å². The molecule has 0 radical (unpaired) electrons. The first-order valence-electron chi connectivity index (χ1n) is 6.10. The highest BCUT2D eigenvalue weighted by Gasteiger charge is 2.34. The van der Waals surface area contributed by atoms with Gasteiger partial charge in [-0.05, 0) is 17.7 Å². The fourth-order valence-electron chi connectivity index (χ4n) is 2.27. The number of ether oxygens (including phenoxy) is 1. The van der Waals surface area contributed by atoms with E-state index in [1.165, 1.54) is 0 Å². The predicted octanol–water partition coefficient (Wildman–Crippen LogP) is 2.36. The fraction of sp³-hybridized carbons (Fsp3) is 0.267. The van der Waals surface area contributed by atoms with Crippen molar-refractivity contribution in [2.45, 2.75) is 12.0 Å². The standard InChI is InChI=1S/C15H15NO2/c17-15(7-9-18-11-15)13-6-8-16-14(10-13)12-4-2-1-3-5-12/h1-6,8,10,17H,7,9,11H2. The van der Waals surface area contributed by atoms with Gasteiger partial charge in [-0.25, -0.2) is 0 Å². The van der Waals surface area contributed by atoms with Crippen molar-refractivity contribution in [1.29, 1.82) is 0 Å². The molecule has 2 aromatic rings. The molecule has 3 nitrogen and oxygen atoms in total. The lowest BCUT2D eigenvalue weighted by molar-refractivity contribution is 0.0232. The highest BCUT2D eigenvalue weighted by molar-refractivity contribution is 5.59. The molecule has 0 saturated carbocycles. The maximum Gasteiger partial charge on any atom is 0.115 e. The van der Waals surface area contributed by atoms with Crippen LogP contribution in [0.1, 0.15) is 12.0 Å². The number of hydrogen-bond acceptors (Lipinski definition) is 3. The SMILES string of the molecule is OC1(c2ccnc(-c3ccccc3)c2)CCOC1. The Hall–Kier alpha value is -1.71. The Morgan fingerprint density at radius 1 is 1.17 bits per heavy atom. The summed E-state index contributed by atoms with van der Waals surface area (Å²) in [5.41, 5.74) is 1.97. The molecule has 1 aromatic heterocycles. The van der Waals surface area contributed by atoms with Crippen LogP contribution in [0.15, 0.2) is 48.7 Å². The molecule has 92 valence electrons. The number of benzene rings is 1. The van der Waals surface area contributed by atoms with E-state index in [-0.39, 0.29) is 0 Å². The topological polar surface area (TPSA) is 42.4 Å². The van der Waals surface area contributed by atoms with Crippen molar-refractivity contribution in [3.63, 3.8) is 0 Å². The van der Waals surface area contributed by atoms with Gasteiger partial charge in [0.15, 0.2) is 0 Å². The second-order valence-electron chi connectivity index (χ2n) is 4.63. The number of rotatable bonds is 2. The summed E-state index contributed by atoms with van der Waals surface area (Å²) in [7, 11) is 0. The lowest BCUT2D eigenvalue weighted by Gasteiger charge is -2.21. The minimum absolute atomic E-state index is 0.366. The predicted molar refractivity (Wildman–Crippen MR) is 69.0 cm³/mol. The van der Waals surface area contributed by atoms with E-state index in [9.17, 15) is 5.11 Å². The summed E-state index contributed by atoms with van der Waals surface area (Å²) in [6, 6.07) is 13.8. The highest BCUT2D eigenvalue weighted by atomic mass is 16.5. The largest absolute Gasteiger partial charge is 0.383 e. The van der Waals surface area contributed by atoms with Gasteiger partial charge in [-0.2, -0.15) is 0 Å². The summed E-state index contributed by atoms with van der Waals surface area (Å²) < 4.78 is 5.29. The van der Waals surface area contributed by atoms with E-state index in [2.05, 4.69) is 4.98 Å². The van der Waals surface area contributed by atoms with Crippen molar-refractivity contribution in [2.75, 3.05) is 13.2 Å². The Balaban J connectivity index is 1.99. The van der Waals surface area contributed by atoms with Crippen LogP contribution in [-0.2, 0) is 10.3 Å². The molecule has 0 aliphatic carbocycles. The van der Waals surface area contributed by atoms with E-state index in [4.69, 9.17) is 4.74 Å². The molecule has 3 heteroatoms. The summed E-state index contributed by atoms with van der Waals surface area (Å²) in [5.74, 6) is 0. The minimum Gasteiger partial charge on any atom is -0.383 e. The van der Waals surface area contributed by atoms with Crippen LogP contribution in [0.3, 0.4) is 0 Å². The molecular weight excluding hydrogens is 226 g/mol. The molecule has 0 spiro atoms. The van der Waals surface area contributed by atoms with Crippen molar-refractivity contribution >= 4 is 0 Å². The third-order valence-electron chi connectivity index (χ3n) is 3.37. The molecule has 1 fully saturated rings. The van der Waals surface area contributed by atoms with E-state index in [1.807, 2.05) is 42.5 Å². The minimum atomic E-state index is -0.855. The summed E-state index contributed by atoms with van der Waals surface area (Å²) in [5, 5.41) is 10.5. The van der Waals surface area contributed by atoms with Gasteiger partial charge in [-0.15, -0.1) is 0 Å². The van der Waals surface area contributed by atoms with Crippen molar-refractivity contribution in [3.8, 4) is 11.3 Å². The Kier molecular flexibility index (Phi) is 2.86. The third-order valence-corrected chi connectivity index (χ3v) is 3.37.